The highest BCUT2D eigenvalue weighted by molar-refractivity contribution is 6.31. The van der Waals surface area contributed by atoms with Crippen molar-refractivity contribution in [2.45, 2.75) is 26.4 Å². The van der Waals surface area contributed by atoms with E-state index in [1.165, 1.54) is 23.3 Å². The van der Waals surface area contributed by atoms with Gasteiger partial charge in [-0.1, -0.05) is 35.9 Å². The number of hydrogen-bond donors (Lipinski definition) is 1. The molecule has 0 bridgehead atoms. The molecular formula is C16H17ClN2O2. The van der Waals surface area contributed by atoms with Crippen molar-refractivity contribution in [3.05, 3.63) is 74.3 Å². The van der Waals surface area contributed by atoms with Gasteiger partial charge in [-0.3, -0.25) is 10.1 Å². The van der Waals surface area contributed by atoms with Gasteiger partial charge in [0, 0.05) is 29.7 Å². The van der Waals surface area contributed by atoms with Crippen LogP contribution in [0.2, 0.25) is 5.02 Å². The zero-order valence-electron chi connectivity index (χ0n) is 12.0. The fourth-order valence-electron chi connectivity index (χ4n) is 2.26. The topological polar surface area (TPSA) is 55.2 Å². The van der Waals surface area contributed by atoms with E-state index in [4.69, 9.17) is 11.6 Å². The van der Waals surface area contributed by atoms with Crippen molar-refractivity contribution in [3.8, 4) is 0 Å². The highest BCUT2D eigenvalue weighted by Crippen LogP contribution is 2.23. The van der Waals surface area contributed by atoms with Crippen LogP contribution in [0.15, 0.2) is 42.5 Å². The second-order valence-electron chi connectivity index (χ2n) is 4.99. The van der Waals surface area contributed by atoms with E-state index < -0.39 is 4.92 Å². The summed E-state index contributed by atoms with van der Waals surface area (Å²) in [7, 11) is 0. The Balaban J connectivity index is 2.11. The van der Waals surface area contributed by atoms with Gasteiger partial charge < -0.3 is 5.32 Å². The summed E-state index contributed by atoms with van der Waals surface area (Å²) in [6.45, 7) is 4.61. The van der Waals surface area contributed by atoms with Gasteiger partial charge >= 0.3 is 0 Å². The lowest BCUT2D eigenvalue weighted by Crippen LogP contribution is -2.19. The summed E-state index contributed by atoms with van der Waals surface area (Å²) in [5.74, 6) is 0. The molecule has 0 radical (unpaired) electrons. The van der Waals surface area contributed by atoms with E-state index in [0.717, 1.165) is 5.56 Å². The number of aryl methyl sites for hydroxylation is 1. The van der Waals surface area contributed by atoms with Crippen molar-refractivity contribution in [2.24, 2.45) is 0 Å². The normalized spacial score (nSPS) is 12.1. The number of halogens is 1. The van der Waals surface area contributed by atoms with Gasteiger partial charge in [-0.15, -0.1) is 0 Å². The van der Waals surface area contributed by atoms with E-state index in [-0.39, 0.29) is 11.7 Å². The summed E-state index contributed by atoms with van der Waals surface area (Å²) in [4.78, 5) is 10.4. The van der Waals surface area contributed by atoms with Crippen molar-refractivity contribution in [1.82, 2.24) is 5.32 Å². The lowest BCUT2D eigenvalue weighted by atomic mass is 10.0. The molecule has 0 aromatic heterocycles. The second kappa shape index (κ2) is 6.70. The van der Waals surface area contributed by atoms with Crippen LogP contribution in [0.25, 0.3) is 0 Å². The van der Waals surface area contributed by atoms with E-state index in [0.29, 0.717) is 11.6 Å². The molecule has 0 aliphatic carbocycles. The predicted molar refractivity (Wildman–Crippen MR) is 84.5 cm³/mol. The monoisotopic (exact) mass is 304 g/mol. The number of rotatable bonds is 5. The molecule has 2 aromatic rings. The summed E-state index contributed by atoms with van der Waals surface area (Å²) >= 11 is 6.10. The summed E-state index contributed by atoms with van der Waals surface area (Å²) in [5.41, 5.74) is 3.20. The van der Waals surface area contributed by atoms with Crippen molar-refractivity contribution in [2.75, 3.05) is 0 Å². The largest absolute Gasteiger partial charge is 0.306 e. The Morgan fingerprint density at radius 1 is 1.29 bits per heavy atom. The molecule has 110 valence electrons. The number of nitro groups is 1. The molecule has 21 heavy (non-hydrogen) atoms. The number of nitrogens with zero attached hydrogens (tertiary/aromatic N) is 1. The van der Waals surface area contributed by atoms with Crippen LogP contribution >= 0.6 is 11.6 Å². The Bertz CT molecular complexity index is 658. The number of benzene rings is 2. The van der Waals surface area contributed by atoms with Gasteiger partial charge in [-0.25, -0.2) is 0 Å². The summed E-state index contributed by atoms with van der Waals surface area (Å²) in [6, 6.07) is 12.8. The Labute approximate surface area is 128 Å². The first-order valence-electron chi connectivity index (χ1n) is 6.70. The summed E-state index contributed by atoms with van der Waals surface area (Å²) < 4.78 is 0. The van der Waals surface area contributed by atoms with Crippen LogP contribution in [0.5, 0.6) is 0 Å². The molecule has 0 amide bonds. The minimum atomic E-state index is -0.412. The first-order chi connectivity index (χ1) is 9.99. The summed E-state index contributed by atoms with van der Waals surface area (Å²) in [6.07, 6.45) is 0. The van der Waals surface area contributed by atoms with Crippen LogP contribution in [0.4, 0.5) is 5.69 Å². The van der Waals surface area contributed by atoms with E-state index >= 15 is 0 Å². The van der Waals surface area contributed by atoms with Crippen LogP contribution < -0.4 is 5.32 Å². The van der Waals surface area contributed by atoms with Gasteiger partial charge in [0.15, 0.2) is 0 Å². The van der Waals surface area contributed by atoms with Crippen LogP contribution in [0.1, 0.15) is 29.7 Å². The molecule has 2 aromatic carbocycles. The van der Waals surface area contributed by atoms with E-state index in [9.17, 15) is 10.1 Å². The lowest BCUT2D eigenvalue weighted by molar-refractivity contribution is -0.384. The van der Waals surface area contributed by atoms with Gasteiger partial charge in [0.25, 0.3) is 5.69 Å². The standard InChI is InChI=1S/C16H17ClN2O2/c1-11-5-3-4-6-15(11)12(2)18-10-13-9-14(19(20)21)7-8-16(13)17/h3-9,12,18H,10H2,1-2H3. The maximum absolute atomic E-state index is 10.8. The molecule has 5 heteroatoms. The molecule has 1 N–H and O–H groups in total. The van der Waals surface area contributed by atoms with Crippen molar-refractivity contribution in [3.63, 3.8) is 0 Å². The van der Waals surface area contributed by atoms with Crippen molar-refractivity contribution >= 4 is 17.3 Å². The highest BCUT2D eigenvalue weighted by Gasteiger charge is 2.12. The molecule has 1 unspecified atom stereocenters. The smallest absolute Gasteiger partial charge is 0.269 e. The second-order valence-corrected chi connectivity index (χ2v) is 5.40. The van der Waals surface area contributed by atoms with E-state index in [1.54, 1.807) is 6.07 Å². The summed E-state index contributed by atoms with van der Waals surface area (Å²) in [5, 5.41) is 14.7. The highest BCUT2D eigenvalue weighted by atomic mass is 35.5. The molecule has 0 heterocycles. The molecule has 0 fully saturated rings. The first-order valence-corrected chi connectivity index (χ1v) is 7.08. The molecule has 2 rings (SSSR count). The zero-order chi connectivity index (χ0) is 15.4. The molecule has 0 spiro atoms. The molecule has 0 saturated heterocycles. The number of non-ortho nitro benzene ring substituents is 1. The van der Waals surface area contributed by atoms with Crippen molar-refractivity contribution < 1.29 is 4.92 Å². The number of nitro benzene ring substituents is 1. The Hall–Kier alpha value is -1.91. The Morgan fingerprint density at radius 2 is 2.00 bits per heavy atom. The third-order valence-corrected chi connectivity index (χ3v) is 3.86. The Morgan fingerprint density at radius 3 is 2.67 bits per heavy atom. The third kappa shape index (κ3) is 3.80. The van der Waals surface area contributed by atoms with Crippen LogP contribution in [-0.2, 0) is 6.54 Å². The first kappa shape index (κ1) is 15.5. The quantitative estimate of drug-likeness (QED) is 0.657. The fraction of sp³-hybridized carbons (Fsp3) is 0.250. The maximum atomic E-state index is 10.8. The average Bonchev–Trinajstić information content (AvgIpc) is 2.46. The predicted octanol–water partition coefficient (Wildman–Crippen LogP) is 4.41. The fourth-order valence-corrected chi connectivity index (χ4v) is 2.44. The zero-order valence-corrected chi connectivity index (χ0v) is 12.7. The SMILES string of the molecule is Cc1ccccc1C(C)NCc1cc([N+](=O)[O-])ccc1Cl. The molecular weight excluding hydrogens is 288 g/mol. The molecule has 0 aliphatic heterocycles. The van der Waals surface area contributed by atoms with Gasteiger partial charge in [0.05, 0.1) is 4.92 Å². The minimum Gasteiger partial charge on any atom is -0.306 e. The third-order valence-electron chi connectivity index (χ3n) is 3.49. The maximum Gasteiger partial charge on any atom is 0.269 e. The Kier molecular flexibility index (Phi) is 4.94. The van der Waals surface area contributed by atoms with Gasteiger partial charge in [-0.2, -0.15) is 0 Å². The number of hydrogen-bond acceptors (Lipinski definition) is 3. The van der Waals surface area contributed by atoms with Crippen LogP contribution in [0.3, 0.4) is 0 Å². The molecule has 4 nitrogen and oxygen atoms in total. The number of nitrogens with one attached hydrogen (secondary N) is 1. The minimum absolute atomic E-state index is 0.0553. The lowest BCUT2D eigenvalue weighted by Gasteiger charge is -2.17. The van der Waals surface area contributed by atoms with Crippen LogP contribution in [0, 0.1) is 17.0 Å². The van der Waals surface area contributed by atoms with Crippen LogP contribution in [-0.4, -0.2) is 4.92 Å². The van der Waals surface area contributed by atoms with Gasteiger partial charge in [0.1, 0.15) is 0 Å². The van der Waals surface area contributed by atoms with Gasteiger partial charge in [-0.05, 0) is 36.6 Å². The molecule has 0 saturated carbocycles. The van der Waals surface area contributed by atoms with E-state index in [2.05, 4.69) is 31.3 Å². The van der Waals surface area contributed by atoms with Crippen molar-refractivity contribution in [1.29, 1.82) is 0 Å². The molecule has 0 aliphatic rings. The average molecular weight is 305 g/mol. The van der Waals surface area contributed by atoms with E-state index in [1.807, 2.05) is 12.1 Å². The molecule has 1 atom stereocenters. The van der Waals surface area contributed by atoms with Gasteiger partial charge in [0.2, 0.25) is 0 Å².